The molecule has 0 aromatic carbocycles. The third-order valence-corrected chi connectivity index (χ3v) is 5.26. The summed E-state index contributed by atoms with van der Waals surface area (Å²) in [5.41, 5.74) is 2.43. The van der Waals surface area contributed by atoms with E-state index < -0.39 is 0 Å². The molecule has 0 saturated carbocycles. The van der Waals surface area contributed by atoms with Crippen LogP contribution in [0.1, 0.15) is 37.4 Å². The summed E-state index contributed by atoms with van der Waals surface area (Å²) in [6, 6.07) is 0.417. The number of nitrogens with zero attached hydrogens (tertiary/aromatic N) is 4. The van der Waals surface area contributed by atoms with E-state index in [0.29, 0.717) is 18.5 Å². The fourth-order valence-corrected chi connectivity index (χ4v) is 3.61. The van der Waals surface area contributed by atoms with Crippen LogP contribution in [0.5, 0.6) is 0 Å². The molecule has 1 atom stereocenters. The number of piperazine rings is 1. The zero-order valence-electron chi connectivity index (χ0n) is 14.4. The van der Waals surface area contributed by atoms with Gasteiger partial charge in [0.2, 0.25) is 5.91 Å². The number of H-pyrrole nitrogens is 1. The van der Waals surface area contributed by atoms with E-state index in [4.69, 9.17) is 0 Å². The number of likely N-dealkylation sites (tertiary alicyclic amines) is 1. The number of aryl methyl sites for hydroxylation is 1. The Labute approximate surface area is 138 Å². The van der Waals surface area contributed by atoms with E-state index in [-0.39, 0.29) is 0 Å². The molecular formula is C17H29N5O. The molecule has 2 aliphatic heterocycles. The van der Waals surface area contributed by atoms with Crippen molar-refractivity contribution in [2.75, 3.05) is 39.3 Å². The first-order valence-electron chi connectivity index (χ1n) is 8.86. The Morgan fingerprint density at radius 3 is 2.61 bits per heavy atom. The highest BCUT2D eigenvalue weighted by Gasteiger charge is 2.26. The summed E-state index contributed by atoms with van der Waals surface area (Å²) in [4.78, 5) is 19.3. The second kappa shape index (κ2) is 7.45. The molecule has 6 nitrogen and oxygen atoms in total. The summed E-state index contributed by atoms with van der Waals surface area (Å²) in [5, 5.41) is 7.17. The van der Waals surface area contributed by atoms with Crippen molar-refractivity contribution in [1.82, 2.24) is 24.9 Å². The number of carbonyl (C=O) groups excluding carboxylic acids is 1. The molecule has 1 aromatic rings. The summed E-state index contributed by atoms with van der Waals surface area (Å²) in [5.74, 6) is 0.315. The number of aromatic amines is 1. The molecule has 1 aromatic heterocycles. The molecule has 128 valence electrons. The maximum atomic E-state index is 12.5. The molecule has 6 heteroatoms. The van der Waals surface area contributed by atoms with Crippen LogP contribution in [0.3, 0.4) is 0 Å². The van der Waals surface area contributed by atoms with Gasteiger partial charge in [0.1, 0.15) is 0 Å². The van der Waals surface area contributed by atoms with Gasteiger partial charge < -0.3 is 4.90 Å². The van der Waals surface area contributed by atoms with E-state index in [0.717, 1.165) is 52.1 Å². The van der Waals surface area contributed by atoms with Crippen LogP contribution in [0.4, 0.5) is 0 Å². The van der Waals surface area contributed by atoms with Gasteiger partial charge >= 0.3 is 0 Å². The van der Waals surface area contributed by atoms with Crippen molar-refractivity contribution in [1.29, 1.82) is 0 Å². The quantitative estimate of drug-likeness (QED) is 0.907. The third-order valence-electron chi connectivity index (χ3n) is 5.26. The van der Waals surface area contributed by atoms with Crippen LogP contribution in [0, 0.1) is 6.92 Å². The lowest BCUT2D eigenvalue weighted by Crippen LogP contribution is -2.51. The van der Waals surface area contributed by atoms with Gasteiger partial charge in [0.15, 0.2) is 0 Å². The van der Waals surface area contributed by atoms with Gasteiger partial charge in [-0.25, -0.2) is 0 Å². The molecule has 3 rings (SSSR count). The van der Waals surface area contributed by atoms with E-state index in [1.165, 1.54) is 17.7 Å². The van der Waals surface area contributed by atoms with Crippen molar-refractivity contribution in [2.45, 2.75) is 45.7 Å². The standard InChI is InChI=1S/C17H29N5O/c1-14-11-18-19-16(14)12-20-7-9-21(10-8-20)13-17(23)22-6-4-3-5-15(22)2/h11,15H,3-10,12-13H2,1-2H3,(H,18,19). The molecule has 2 fully saturated rings. The summed E-state index contributed by atoms with van der Waals surface area (Å²) in [6.45, 7) is 10.7. The van der Waals surface area contributed by atoms with Crippen molar-refractivity contribution in [3.63, 3.8) is 0 Å². The van der Waals surface area contributed by atoms with Crippen LogP contribution in [0.25, 0.3) is 0 Å². The van der Waals surface area contributed by atoms with Crippen molar-refractivity contribution in [3.05, 3.63) is 17.5 Å². The van der Waals surface area contributed by atoms with Crippen LogP contribution in [-0.2, 0) is 11.3 Å². The smallest absolute Gasteiger partial charge is 0.236 e. The van der Waals surface area contributed by atoms with Gasteiger partial charge in [-0.2, -0.15) is 5.10 Å². The van der Waals surface area contributed by atoms with Crippen molar-refractivity contribution in [2.24, 2.45) is 0 Å². The van der Waals surface area contributed by atoms with Gasteiger partial charge in [0.05, 0.1) is 18.4 Å². The Bertz CT molecular complexity index is 521. The van der Waals surface area contributed by atoms with Crippen LogP contribution < -0.4 is 0 Å². The van der Waals surface area contributed by atoms with Crippen LogP contribution >= 0.6 is 0 Å². The number of hydrogen-bond acceptors (Lipinski definition) is 4. The molecule has 23 heavy (non-hydrogen) atoms. The largest absolute Gasteiger partial charge is 0.339 e. The van der Waals surface area contributed by atoms with E-state index in [1.807, 2.05) is 6.20 Å². The van der Waals surface area contributed by atoms with Crippen molar-refractivity contribution in [3.8, 4) is 0 Å². The third kappa shape index (κ3) is 4.12. The minimum Gasteiger partial charge on any atom is -0.339 e. The van der Waals surface area contributed by atoms with Crippen molar-refractivity contribution >= 4 is 5.91 Å². The monoisotopic (exact) mass is 319 g/mol. The summed E-state index contributed by atoms with van der Waals surface area (Å²) in [6.07, 6.45) is 5.46. The fourth-order valence-electron chi connectivity index (χ4n) is 3.61. The molecule has 0 aliphatic carbocycles. The minimum atomic E-state index is 0.315. The van der Waals surface area contributed by atoms with E-state index in [2.05, 4.69) is 38.7 Å². The van der Waals surface area contributed by atoms with Gasteiger partial charge in [-0.3, -0.25) is 19.7 Å². The Kier molecular flexibility index (Phi) is 5.33. The maximum Gasteiger partial charge on any atom is 0.236 e. The number of rotatable bonds is 4. The zero-order chi connectivity index (χ0) is 16.2. The Hall–Kier alpha value is -1.40. The Balaban J connectivity index is 1.44. The zero-order valence-corrected chi connectivity index (χ0v) is 14.4. The number of aromatic nitrogens is 2. The molecule has 0 radical (unpaired) electrons. The van der Waals surface area contributed by atoms with Crippen LogP contribution in [0.15, 0.2) is 6.20 Å². The lowest BCUT2D eigenvalue weighted by Gasteiger charge is -2.38. The molecule has 1 amide bonds. The summed E-state index contributed by atoms with van der Waals surface area (Å²) >= 11 is 0. The number of piperidine rings is 1. The first kappa shape index (κ1) is 16.5. The molecule has 1 unspecified atom stereocenters. The van der Waals surface area contributed by atoms with Crippen LogP contribution in [-0.4, -0.2) is 76.1 Å². The highest BCUT2D eigenvalue weighted by molar-refractivity contribution is 5.78. The highest BCUT2D eigenvalue weighted by atomic mass is 16.2. The van der Waals surface area contributed by atoms with E-state index >= 15 is 0 Å². The molecule has 2 saturated heterocycles. The normalized spacial score (nSPS) is 24.1. The Morgan fingerprint density at radius 2 is 1.96 bits per heavy atom. The van der Waals surface area contributed by atoms with Gasteiger partial charge in [-0.15, -0.1) is 0 Å². The molecule has 0 spiro atoms. The maximum absolute atomic E-state index is 12.5. The molecule has 2 aliphatic rings. The average Bonchev–Trinajstić information content (AvgIpc) is 2.95. The molecule has 3 heterocycles. The first-order chi connectivity index (χ1) is 11.1. The average molecular weight is 319 g/mol. The van der Waals surface area contributed by atoms with Gasteiger partial charge in [0, 0.05) is 45.3 Å². The topological polar surface area (TPSA) is 55.5 Å². The van der Waals surface area contributed by atoms with E-state index in [9.17, 15) is 4.79 Å². The number of hydrogen-bond donors (Lipinski definition) is 1. The van der Waals surface area contributed by atoms with Gasteiger partial charge in [-0.1, -0.05) is 0 Å². The molecule has 0 bridgehead atoms. The fraction of sp³-hybridized carbons (Fsp3) is 0.765. The molecule has 1 N–H and O–H groups in total. The lowest BCUT2D eigenvalue weighted by molar-refractivity contribution is -0.136. The number of amides is 1. The minimum absolute atomic E-state index is 0.315. The first-order valence-corrected chi connectivity index (χ1v) is 8.86. The SMILES string of the molecule is Cc1cn[nH]c1CN1CCN(CC(=O)N2CCCCC2C)CC1. The molecular weight excluding hydrogens is 290 g/mol. The van der Waals surface area contributed by atoms with Gasteiger partial charge in [-0.05, 0) is 38.7 Å². The second-order valence-electron chi connectivity index (χ2n) is 7.02. The second-order valence-corrected chi connectivity index (χ2v) is 7.02. The summed E-state index contributed by atoms with van der Waals surface area (Å²) in [7, 11) is 0. The van der Waals surface area contributed by atoms with Gasteiger partial charge in [0.25, 0.3) is 0 Å². The van der Waals surface area contributed by atoms with Crippen molar-refractivity contribution < 1.29 is 4.79 Å². The van der Waals surface area contributed by atoms with Crippen LogP contribution in [0.2, 0.25) is 0 Å². The predicted molar refractivity (Wildman–Crippen MR) is 90.1 cm³/mol. The Morgan fingerprint density at radius 1 is 1.22 bits per heavy atom. The summed E-state index contributed by atoms with van der Waals surface area (Å²) < 4.78 is 0. The highest BCUT2D eigenvalue weighted by Crippen LogP contribution is 2.17. The predicted octanol–water partition coefficient (Wildman–Crippen LogP) is 1.24. The lowest BCUT2D eigenvalue weighted by atomic mass is 10.0. The number of carbonyl (C=O) groups is 1. The number of nitrogens with one attached hydrogen (secondary N) is 1. The van der Waals surface area contributed by atoms with E-state index in [1.54, 1.807) is 0 Å².